The molecule has 1 aliphatic rings. The summed E-state index contributed by atoms with van der Waals surface area (Å²) in [6.07, 6.45) is 9.37. The second-order valence-corrected chi connectivity index (χ2v) is 8.64. The Morgan fingerprint density at radius 2 is 1.97 bits per heavy atom. The van der Waals surface area contributed by atoms with Gasteiger partial charge in [0.25, 0.3) is 0 Å². The molecule has 0 amide bonds. The third kappa shape index (κ3) is 5.89. The van der Waals surface area contributed by atoms with Crippen LogP contribution in [-0.2, 0) is 11.2 Å². The van der Waals surface area contributed by atoms with E-state index in [1.54, 1.807) is 6.92 Å². The minimum Gasteiger partial charge on any atom is -0.488 e. The van der Waals surface area contributed by atoms with Crippen LogP contribution in [0.25, 0.3) is 0 Å². The molecule has 1 fully saturated rings. The first-order chi connectivity index (χ1) is 14.5. The van der Waals surface area contributed by atoms with Gasteiger partial charge in [-0.05, 0) is 41.0 Å². The first-order valence-electron chi connectivity index (χ1n) is 10.7. The summed E-state index contributed by atoms with van der Waals surface area (Å²) < 4.78 is 15.9. The van der Waals surface area contributed by atoms with E-state index in [1.807, 2.05) is 27.7 Å². The van der Waals surface area contributed by atoms with E-state index >= 15 is 0 Å². The normalized spacial score (nSPS) is 23.7. The number of allylic oxidation sites excluding steroid dienone is 5. The van der Waals surface area contributed by atoms with Gasteiger partial charge in [-0.15, -0.1) is 0 Å². The van der Waals surface area contributed by atoms with Crippen LogP contribution in [-0.4, -0.2) is 42.1 Å². The van der Waals surface area contributed by atoms with Crippen molar-refractivity contribution >= 4 is 0 Å². The highest BCUT2D eigenvalue weighted by atomic mass is 16.6. The van der Waals surface area contributed by atoms with E-state index in [2.05, 4.69) is 36.2 Å². The lowest BCUT2D eigenvalue weighted by molar-refractivity contribution is 0.0564. The third-order valence-corrected chi connectivity index (χ3v) is 6.15. The zero-order chi connectivity index (χ0) is 23.3. The number of aromatic amines is 1. The van der Waals surface area contributed by atoms with E-state index in [-0.39, 0.29) is 23.2 Å². The largest absolute Gasteiger partial charge is 0.488 e. The van der Waals surface area contributed by atoms with E-state index in [1.165, 1.54) is 19.8 Å². The van der Waals surface area contributed by atoms with Crippen LogP contribution in [0.3, 0.4) is 0 Å². The lowest BCUT2D eigenvalue weighted by atomic mass is 9.90. The predicted octanol–water partition coefficient (Wildman–Crippen LogP) is 4.26. The summed E-state index contributed by atoms with van der Waals surface area (Å²) in [6, 6.07) is 0. The van der Waals surface area contributed by atoms with Gasteiger partial charge in [0, 0.05) is 23.6 Å². The molecule has 2 rings (SSSR count). The fourth-order valence-corrected chi connectivity index (χ4v) is 3.76. The smallest absolute Gasteiger partial charge is 0.238 e. The molecule has 0 bridgehead atoms. The molecule has 4 atom stereocenters. The molecule has 0 aromatic carbocycles. The maximum atomic E-state index is 12.4. The molecule has 2 N–H and O–H groups in total. The molecule has 1 saturated heterocycles. The quantitative estimate of drug-likeness (QED) is 0.329. The Labute approximate surface area is 185 Å². The van der Waals surface area contributed by atoms with Gasteiger partial charge in [-0.25, -0.2) is 0 Å². The number of hydrogen-bond acceptors (Lipinski definition) is 5. The van der Waals surface area contributed by atoms with Crippen molar-refractivity contribution in [3.8, 4) is 11.6 Å². The van der Waals surface area contributed by atoms with Crippen LogP contribution in [0.1, 0.15) is 52.3 Å². The van der Waals surface area contributed by atoms with Gasteiger partial charge in [-0.3, -0.25) is 4.79 Å². The molecule has 6 heteroatoms. The van der Waals surface area contributed by atoms with Gasteiger partial charge in [0.05, 0.1) is 26.4 Å². The van der Waals surface area contributed by atoms with Crippen LogP contribution < -0.4 is 14.9 Å². The van der Waals surface area contributed by atoms with Crippen molar-refractivity contribution < 1.29 is 19.3 Å². The maximum Gasteiger partial charge on any atom is 0.238 e. The van der Waals surface area contributed by atoms with Crippen LogP contribution >= 0.6 is 0 Å². The van der Waals surface area contributed by atoms with Crippen LogP contribution in [0, 0.1) is 12.8 Å². The molecule has 1 aliphatic heterocycles. The Bertz CT molecular complexity index is 927. The van der Waals surface area contributed by atoms with Gasteiger partial charge in [0.1, 0.15) is 5.60 Å². The van der Waals surface area contributed by atoms with Crippen molar-refractivity contribution in [3.63, 3.8) is 0 Å². The molecule has 0 spiro atoms. The molecular formula is C25H37NO5. The number of H-pyrrole nitrogens is 1. The second-order valence-electron chi connectivity index (χ2n) is 8.64. The van der Waals surface area contributed by atoms with Crippen LogP contribution in [0.4, 0.5) is 0 Å². The zero-order valence-electron chi connectivity index (χ0n) is 20.0. The molecule has 0 aliphatic carbocycles. The SMILES string of the molecule is COc1[nH]c(C/C=C(\C)C/C=C/C(C)=C/[C@@H](C)[C@@H](O)[C@@]2(C)O[C@H]2C)c(C)c(=O)c1OC. The molecule has 172 valence electrons. The van der Waals surface area contributed by atoms with Crippen molar-refractivity contribution in [2.24, 2.45) is 5.92 Å². The molecule has 0 saturated carbocycles. The molecule has 6 nitrogen and oxygen atoms in total. The number of aliphatic hydroxyl groups excluding tert-OH is 1. The fraction of sp³-hybridized carbons (Fsp3) is 0.560. The summed E-state index contributed by atoms with van der Waals surface area (Å²) in [5, 5.41) is 10.5. The third-order valence-electron chi connectivity index (χ3n) is 6.15. The highest BCUT2D eigenvalue weighted by molar-refractivity contribution is 5.40. The van der Waals surface area contributed by atoms with Gasteiger partial charge in [-0.2, -0.15) is 0 Å². The Hall–Kier alpha value is -2.31. The zero-order valence-corrected chi connectivity index (χ0v) is 20.0. The monoisotopic (exact) mass is 431 g/mol. The number of ether oxygens (including phenoxy) is 3. The summed E-state index contributed by atoms with van der Waals surface area (Å²) >= 11 is 0. The van der Waals surface area contributed by atoms with E-state index < -0.39 is 11.7 Å². The number of pyridine rings is 1. The predicted molar refractivity (Wildman–Crippen MR) is 124 cm³/mol. The van der Waals surface area contributed by atoms with Gasteiger partial charge in [0.2, 0.25) is 17.1 Å². The summed E-state index contributed by atoms with van der Waals surface area (Å²) in [6.45, 7) is 11.8. The van der Waals surface area contributed by atoms with Crippen LogP contribution in [0.2, 0.25) is 0 Å². The standard InChI is InChI=1S/C25H37NO5/c1-15(12-13-20-18(4)21(27)22(29-7)24(26-20)30-8)10-9-11-16(2)14-17(3)23(28)25(6)19(5)31-25/h9,11-12,14,17,19,23,28H,10,13H2,1-8H3,(H,26,27)/b11-9+,15-12+,16-14+/t17-,19+,23-,25+/m1/s1. The lowest BCUT2D eigenvalue weighted by Crippen LogP contribution is -2.33. The number of nitrogens with one attached hydrogen (secondary N) is 1. The topological polar surface area (TPSA) is 84.1 Å². The van der Waals surface area contributed by atoms with Crippen molar-refractivity contribution in [2.75, 3.05) is 14.2 Å². The number of rotatable bonds is 10. The van der Waals surface area contributed by atoms with Gasteiger partial charge in [0.15, 0.2) is 0 Å². The van der Waals surface area contributed by atoms with Crippen molar-refractivity contribution in [1.29, 1.82) is 0 Å². The van der Waals surface area contributed by atoms with E-state index in [9.17, 15) is 9.90 Å². The molecule has 2 heterocycles. The van der Waals surface area contributed by atoms with E-state index in [4.69, 9.17) is 14.2 Å². The number of aliphatic hydroxyl groups is 1. The second kappa shape index (κ2) is 10.3. The number of epoxide rings is 1. The highest BCUT2D eigenvalue weighted by Gasteiger charge is 2.55. The Kier molecular flexibility index (Phi) is 8.32. The molecule has 31 heavy (non-hydrogen) atoms. The molecule has 0 unspecified atom stereocenters. The average molecular weight is 432 g/mol. The molecule has 0 radical (unpaired) electrons. The summed E-state index contributed by atoms with van der Waals surface area (Å²) in [5.74, 6) is 0.558. The lowest BCUT2D eigenvalue weighted by Gasteiger charge is -2.20. The number of aromatic nitrogens is 1. The summed E-state index contributed by atoms with van der Waals surface area (Å²) in [7, 11) is 2.97. The van der Waals surface area contributed by atoms with Crippen LogP contribution in [0.15, 0.2) is 40.2 Å². The van der Waals surface area contributed by atoms with Crippen LogP contribution in [0.5, 0.6) is 11.6 Å². The number of methoxy groups -OCH3 is 2. The van der Waals surface area contributed by atoms with Gasteiger partial charge >= 0.3 is 0 Å². The minimum atomic E-state index is -0.514. The van der Waals surface area contributed by atoms with Crippen molar-refractivity contribution in [1.82, 2.24) is 4.98 Å². The minimum absolute atomic E-state index is 0.0149. The van der Waals surface area contributed by atoms with Crippen molar-refractivity contribution in [3.05, 3.63) is 56.9 Å². The van der Waals surface area contributed by atoms with Gasteiger partial charge in [-0.1, -0.05) is 42.4 Å². The van der Waals surface area contributed by atoms with Crippen molar-refractivity contribution in [2.45, 2.75) is 72.2 Å². The summed E-state index contributed by atoms with van der Waals surface area (Å²) in [5.41, 5.74) is 3.16. The molecule has 1 aromatic rings. The Morgan fingerprint density at radius 1 is 1.32 bits per heavy atom. The van der Waals surface area contributed by atoms with E-state index in [0.29, 0.717) is 17.9 Å². The maximum absolute atomic E-state index is 12.4. The van der Waals surface area contributed by atoms with E-state index in [0.717, 1.165) is 17.7 Å². The molecular weight excluding hydrogens is 394 g/mol. The molecule has 1 aromatic heterocycles. The van der Waals surface area contributed by atoms with Gasteiger partial charge < -0.3 is 24.3 Å². The highest BCUT2D eigenvalue weighted by Crippen LogP contribution is 2.41. The average Bonchev–Trinajstić information content (AvgIpc) is 3.35. The summed E-state index contributed by atoms with van der Waals surface area (Å²) in [4.78, 5) is 15.6. The first kappa shape index (κ1) is 25.0. The Balaban J connectivity index is 1.98. The first-order valence-corrected chi connectivity index (χ1v) is 10.7. The Morgan fingerprint density at radius 3 is 2.52 bits per heavy atom. The number of hydrogen-bond donors (Lipinski definition) is 2. The fourth-order valence-electron chi connectivity index (χ4n) is 3.76.